The molecule has 1 aromatic carbocycles. The van der Waals surface area contributed by atoms with Crippen molar-refractivity contribution in [2.24, 2.45) is 0 Å². The van der Waals surface area contributed by atoms with Crippen molar-refractivity contribution in [3.8, 4) is 0 Å². The SMILES string of the molecule is C=CCC(=O)OC1CCCCC1c1ccccc1. The fraction of sp³-hybridized carbons (Fsp3) is 0.438. The predicted octanol–water partition coefficient (Wildman–Crippen LogP) is 3.83. The Kier molecular flexibility index (Phi) is 4.57. The van der Waals surface area contributed by atoms with Gasteiger partial charge in [-0.25, -0.2) is 0 Å². The molecule has 2 nitrogen and oxygen atoms in total. The van der Waals surface area contributed by atoms with Gasteiger partial charge in [0.15, 0.2) is 0 Å². The molecule has 0 aromatic heterocycles. The first kappa shape index (κ1) is 12.9. The molecule has 0 N–H and O–H groups in total. The van der Waals surface area contributed by atoms with E-state index in [0.717, 1.165) is 19.3 Å². The summed E-state index contributed by atoms with van der Waals surface area (Å²) in [4.78, 5) is 11.6. The molecular weight excluding hydrogens is 224 g/mol. The minimum absolute atomic E-state index is 0.0357. The van der Waals surface area contributed by atoms with Crippen LogP contribution in [-0.2, 0) is 9.53 Å². The molecule has 1 aliphatic rings. The summed E-state index contributed by atoms with van der Waals surface area (Å²) in [6, 6.07) is 10.4. The number of benzene rings is 1. The highest BCUT2D eigenvalue weighted by molar-refractivity contribution is 5.71. The monoisotopic (exact) mass is 244 g/mol. The first-order chi connectivity index (χ1) is 8.81. The first-order valence-electron chi connectivity index (χ1n) is 6.66. The molecule has 1 fully saturated rings. The van der Waals surface area contributed by atoms with E-state index in [1.54, 1.807) is 6.08 Å². The van der Waals surface area contributed by atoms with Crippen LogP contribution in [0.2, 0.25) is 0 Å². The molecule has 1 saturated carbocycles. The third-order valence-electron chi connectivity index (χ3n) is 3.52. The van der Waals surface area contributed by atoms with Gasteiger partial charge in [0.1, 0.15) is 6.10 Å². The number of hydrogen-bond donors (Lipinski definition) is 0. The Morgan fingerprint density at radius 2 is 2.00 bits per heavy atom. The van der Waals surface area contributed by atoms with Crippen LogP contribution in [0.5, 0.6) is 0 Å². The lowest BCUT2D eigenvalue weighted by Gasteiger charge is -2.31. The van der Waals surface area contributed by atoms with Crippen molar-refractivity contribution in [3.63, 3.8) is 0 Å². The molecular formula is C16H20O2. The van der Waals surface area contributed by atoms with E-state index in [1.807, 2.05) is 18.2 Å². The third kappa shape index (κ3) is 3.22. The van der Waals surface area contributed by atoms with Crippen LogP contribution >= 0.6 is 0 Å². The van der Waals surface area contributed by atoms with Crippen molar-refractivity contribution in [1.29, 1.82) is 0 Å². The molecule has 0 spiro atoms. The van der Waals surface area contributed by atoms with Gasteiger partial charge in [0.05, 0.1) is 6.42 Å². The molecule has 2 unspecified atom stereocenters. The van der Waals surface area contributed by atoms with Gasteiger partial charge in [0.2, 0.25) is 0 Å². The summed E-state index contributed by atoms with van der Waals surface area (Å²) in [6.07, 6.45) is 6.39. The molecule has 2 heteroatoms. The van der Waals surface area contributed by atoms with Crippen LogP contribution in [0.3, 0.4) is 0 Å². The maximum absolute atomic E-state index is 11.6. The van der Waals surface area contributed by atoms with E-state index in [2.05, 4.69) is 18.7 Å². The Morgan fingerprint density at radius 1 is 1.28 bits per heavy atom. The van der Waals surface area contributed by atoms with Crippen LogP contribution in [0, 0.1) is 0 Å². The van der Waals surface area contributed by atoms with Crippen LogP contribution in [0.15, 0.2) is 43.0 Å². The zero-order chi connectivity index (χ0) is 12.8. The van der Waals surface area contributed by atoms with E-state index in [9.17, 15) is 4.79 Å². The van der Waals surface area contributed by atoms with Crippen LogP contribution in [0.25, 0.3) is 0 Å². The van der Waals surface area contributed by atoms with Gasteiger partial charge in [0.25, 0.3) is 0 Å². The number of esters is 1. The summed E-state index contributed by atoms with van der Waals surface area (Å²) in [5, 5.41) is 0. The maximum Gasteiger partial charge on any atom is 0.309 e. The highest BCUT2D eigenvalue weighted by Crippen LogP contribution is 2.35. The van der Waals surface area contributed by atoms with E-state index in [4.69, 9.17) is 4.74 Å². The number of hydrogen-bond acceptors (Lipinski definition) is 2. The van der Waals surface area contributed by atoms with E-state index < -0.39 is 0 Å². The second-order valence-corrected chi connectivity index (χ2v) is 4.82. The molecule has 1 aromatic rings. The Morgan fingerprint density at radius 3 is 2.72 bits per heavy atom. The summed E-state index contributed by atoms with van der Waals surface area (Å²) in [6.45, 7) is 3.57. The van der Waals surface area contributed by atoms with Gasteiger partial charge in [-0.2, -0.15) is 0 Å². The number of ether oxygens (including phenoxy) is 1. The fourth-order valence-corrected chi connectivity index (χ4v) is 2.65. The summed E-state index contributed by atoms with van der Waals surface area (Å²) in [5.74, 6) is 0.201. The lowest BCUT2D eigenvalue weighted by molar-refractivity contribution is -0.150. The maximum atomic E-state index is 11.6. The average molecular weight is 244 g/mol. The molecule has 18 heavy (non-hydrogen) atoms. The van der Waals surface area contributed by atoms with Crippen molar-refractivity contribution >= 4 is 5.97 Å². The molecule has 2 rings (SSSR count). The summed E-state index contributed by atoms with van der Waals surface area (Å²) in [5.41, 5.74) is 1.29. The minimum Gasteiger partial charge on any atom is -0.461 e. The smallest absolute Gasteiger partial charge is 0.309 e. The Labute approximate surface area is 109 Å². The van der Waals surface area contributed by atoms with E-state index in [-0.39, 0.29) is 12.1 Å². The van der Waals surface area contributed by atoms with Crippen LogP contribution in [0.4, 0.5) is 0 Å². The lowest BCUT2D eigenvalue weighted by atomic mass is 9.81. The number of carbonyl (C=O) groups excluding carboxylic acids is 1. The van der Waals surface area contributed by atoms with E-state index >= 15 is 0 Å². The van der Waals surface area contributed by atoms with Gasteiger partial charge in [-0.05, 0) is 24.8 Å². The highest BCUT2D eigenvalue weighted by atomic mass is 16.5. The standard InChI is InChI=1S/C16H20O2/c1-2-8-16(17)18-15-12-7-6-11-14(15)13-9-4-3-5-10-13/h2-5,9-10,14-15H,1,6-8,11-12H2. The Balaban J connectivity index is 2.06. The van der Waals surface area contributed by atoms with Gasteiger partial charge >= 0.3 is 5.97 Å². The number of rotatable bonds is 4. The zero-order valence-corrected chi connectivity index (χ0v) is 10.7. The van der Waals surface area contributed by atoms with Crippen molar-refractivity contribution in [3.05, 3.63) is 48.6 Å². The second kappa shape index (κ2) is 6.39. The summed E-state index contributed by atoms with van der Waals surface area (Å²) in [7, 11) is 0. The normalized spacial score (nSPS) is 23.3. The summed E-state index contributed by atoms with van der Waals surface area (Å²) >= 11 is 0. The molecule has 0 amide bonds. The summed E-state index contributed by atoms with van der Waals surface area (Å²) < 4.78 is 5.59. The third-order valence-corrected chi connectivity index (χ3v) is 3.52. The fourth-order valence-electron chi connectivity index (χ4n) is 2.65. The molecule has 0 radical (unpaired) electrons. The topological polar surface area (TPSA) is 26.3 Å². The van der Waals surface area contributed by atoms with Crippen molar-refractivity contribution in [2.75, 3.05) is 0 Å². The molecule has 96 valence electrons. The molecule has 2 atom stereocenters. The van der Waals surface area contributed by atoms with E-state index in [0.29, 0.717) is 12.3 Å². The van der Waals surface area contributed by atoms with Gasteiger partial charge in [-0.1, -0.05) is 42.8 Å². The quantitative estimate of drug-likeness (QED) is 0.594. The van der Waals surface area contributed by atoms with Gasteiger partial charge in [0, 0.05) is 5.92 Å². The molecule has 1 aliphatic carbocycles. The highest BCUT2D eigenvalue weighted by Gasteiger charge is 2.29. The minimum atomic E-state index is -0.155. The van der Waals surface area contributed by atoms with E-state index in [1.165, 1.54) is 12.0 Å². The predicted molar refractivity (Wildman–Crippen MR) is 72.3 cm³/mol. The molecule has 0 aliphatic heterocycles. The Bertz CT molecular complexity index is 397. The number of carbonyl (C=O) groups is 1. The van der Waals surface area contributed by atoms with Crippen molar-refractivity contribution < 1.29 is 9.53 Å². The average Bonchev–Trinajstić information content (AvgIpc) is 2.40. The van der Waals surface area contributed by atoms with Crippen LogP contribution in [-0.4, -0.2) is 12.1 Å². The van der Waals surface area contributed by atoms with Gasteiger partial charge in [-0.3, -0.25) is 4.79 Å². The second-order valence-electron chi connectivity index (χ2n) is 4.82. The van der Waals surface area contributed by atoms with Crippen LogP contribution < -0.4 is 0 Å². The Hall–Kier alpha value is -1.57. The van der Waals surface area contributed by atoms with Crippen LogP contribution in [0.1, 0.15) is 43.6 Å². The largest absolute Gasteiger partial charge is 0.461 e. The van der Waals surface area contributed by atoms with Crippen molar-refractivity contribution in [2.45, 2.75) is 44.1 Å². The molecule has 0 heterocycles. The molecule has 0 bridgehead atoms. The van der Waals surface area contributed by atoms with Crippen molar-refractivity contribution in [1.82, 2.24) is 0 Å². The zero-order valence-electron chi connectivity index (χ0n) is 10.7. The lowest BCUT2D eigenvalue weighted by Crippen LogP contribution is -2.28. The van der Waals surface area contributed by atoms with Gasteiger partial charge in [-0.15, -0.1) is 6.58 Å². The first-order valence-corrected chi connectivity index (χ1v) is 6.66. The van der Waals surface area contributed by atoms with Gasteiger partial charge < -0.3 is 4.74 Å². The molecule has 0 saturated heterocycles.